The van der Waals surface area contributed by atoms with Crippen molar-refractivity contribution in [3.8, 4) is 5.75 Å². The monoisotopic (exact) mass is 428 g/mol. The Morgan fingerprint density at radius 3 is 2.23 bits per heavy atom. The van der Waals surface area contributed by atoms with Crippen LogP contribution in [0.15, 0.2) is 83.8 Å². The summed E-state index contributed by atoms with van der Waals surface area (Å²) in [4.78, 5) is 12.4. The van der Waals surface area contributed by atoms with E-state index in [9.17, 15) is 17.6 Å². The van der Waals surface area contributed by atoms with Crippen molar-refractivity contribution in [2.45, 2.75) is 24.3 Å². The Bertz CT molecular complexity index is 1100. The van der Waals surface area contributed by atoms with Crippen LogP contribution in [0.3, 0.4) is 0 Å². The molecule has 0 saturated heterocycles. The first-order valence-corrected chi connectivity index (χ1v) is 10.8. The molecular weight excluding hydrogens is 407 g/mol. The maximum absolute atomic E-state index is 13.7. The number of hydrogen-bond donors (Lipinski definition) is 2. The summed E-state index contributed by atoms with van der Waals surface area (Å²) in [5, 5.41) is 2.71. The van der Waals surface area contributed by atoms with Gasteiger partial charge < -0.3 is 10.1 Å². The lowest BCUT2D eigenvalue weighted by molar-refractivity contribution is -0.122. The molecule has 6 nitrogen and oxygen atoms in total. The van der Waals surface area contributed by atoms with Gasteiger partial charge >= 0.3 is 0 Å². The van der Waals surface area contributed by atoms with E-state index in [0.29, 0.717) is 17.9 Å². The molecular formula is C22H21FN2O4S. The Hall–Kier alpha value is -3.39. The van der Waals surface area contributed by atoms with Crippen LogP contribution >= 0.6 is 0 Å². The van der Waals surface area contributed by atoms with Crippen LogP contribution in [-0.4, -0.2) is 20.4 Å². The van der Waals surface area contributed by atoms with Crippen molar-refractivity contribution in [2.75, 3.05) is 10.0 Å². The van der Waals surface area contributed by atoms with Gasteiger partial charge in [-0.15, -0.1) is 0 Å². The van der Waals surface area contributed by atoms with E-state index in [-0.39, 0.29) is 16.5 Å². The third-order valence-electron chi connectivity index (χ3n) is 4.24. The topological polar surface area (TPSA) is 84.5 Å². The molecule has 0 unspecified atom stereocenters. The molecule has 1 amide bonds. The Morgan fingerprint density at radius 2 is 1.60 bits per heavy atom. The first kappa shape index (κ1) is 21.3. The van der Waals surface area contributed by atoms with Gasteiger partial charge in [-0.2, -0.15) is 0 Å². The highest BCUT2D eigenvalue weighted by Gasteiger charge is 2.20. The van der Waals surface area contributed by atoms with Crippen LogP contribution in [0.2, 0.25) is 0 Å². The zero-order valence-electron chi connectivity index (χ0n) is 16.2. The lowest BCUT2D eigenvalue weighted by Gasteiger charge is -2.17. The number of sulfonamides is 1. The maximum Gasteiger partial charge on any atom is 0.265 e. The number of hydrogen-bond acceptors (Lipinski definition) is 4. The summed E-state index contributed by atoms with van der Waals surface area (Å²) < 4.78 is 46.5. The molecule has 0 aliphatic carbocycles. The van der Waals surface area contributed by atoms with E-state index in [2.05, 4.69) is 10.0 Å². The van der Waals surface area contributed by atoms with Crippen molar-refractivity contribution >= 4 is 27.3 Å². The smallest absolute Gasteiger partial charge is 0.265 e. The van der Waals surface area contributed by atoms with Crippen molar-refractivity contribution in [3.05, 3.63) is 84.7 Å². The molecule has 0 aliphatic rings. The molecule has 156 valence electrons. The van der Waals surface area contributed by atoms with Crippen LogP contribution in [0.5, 0.6) is 5.75 Å². The molecule has 2 N–H and O–H groups in total. The third-order valence-corrected chi connectivity index (χ3v) is 5.62. The Balaban J connectivity index is 1.67. The number of halogens is 1. The largest absolute Gasteiger partial charge is 0.481 e. The number of ether oxygens (including phenoxy) is 1. The fourth-order valence-corrected chi connectivity index (χ4v) is 3.74. The Labute approximate surface area is 174 Å². The lowest BCUT2D eigenvalue weighted by atomic mass is 10.2. The summed E-state index contributed by atoms with van der Waals surface area (Å²) in [6, 6.07) is 20.1. The second-order valence-corrected chi connectivity index (χ2v) is 8.11. The summed E-state index contributed by atoms with van der Waals surface area (Å²) in [7, 11) is -3.97. The van der Waals surface area contributed by atoms with Gasteiger partial charge in [-0.25, -0.2) is 12.8 Å². The fraction of sp³-hybridized carbons (Fsp3) is 0.136. The molecule has 3 aromatic carbocycles. The number of benzene rings is 3. The van der Waals surface area contributed by atoms with Gasteiger partial charge in [-0.05, 0) is 55.0 Å². The molecule has 8 heteroatoms. The van der Waals surface area contributed by atoms with Crippen LogP contribution in [0.1, 0.15) is 13.3 Å². The molecule has 0 spiro atoms. The highest BCUT2D eigenvalue weighted by Crippen LogP contribution is 2.21. The zero-order chi connectivity index (χ0) is 21.6. The molecule has 0 bridgehead atoms. The SMILES string of the molecule is CC[C@@H](Oc1ccccc1)C(=O)Nc1ccc(S(=O)(=O)Nc2ccccc2F)cc1. The summed E-state index contributed by atoms with van der Waals surface area (Å²) in [6.07, 6.45) is -0.238. The summed E-state index contributed by atoms with van der Waals surface area (Å²) >= 11 is 0. The number of carbonyl (C=O) groups excluding carboxylic acids is 1. The quantitative estimate of drug-likeness (QED) is 0.556. The fourth-order valence-electron chi connectivity index (χ4n) is 2.67. The van der Waals surface area contributed by atoms with Crippen molar-refractivity contribution in [2.24, 2.45) is 0 Å². The molecule has 0 saturated carbocycles. The van der Waals surface area contributed by atoms with Gasteiger partial charge in [0.15, 0.2) is 6.10 Å². The minimum atomic E-state index is -3.97. The van der Waals surface area contributed by atoms with Crippen molar-refractivity contribution < 1.29 is 22.3 Å². The standard InChI is InChI=1S/C22H21FN2O4S/c1-2-21(29-17-8-4-3-5-9-17)22(26)24-16-12-14-18(15-13-16)30(27,28)25-20-11-7-6-10-19(20)23/h3-15,21,25H,2H2,1H3,(H,24,26)/t21-/m1/s1. The van der Waals surface area contributed by atoms with Gasteiger partial charge in [0.2, 0.25) is 0 Å². The second kappa shape index (κ2) is 9.41. The van der Waals surface area contributed by atoms with Gasteiger partial charge in [0.05, 0.1) is 10.6 Å². The van der Waals surface area contributed by atoms with E-state index in [0.717, 1.165) is 6.07 Å². The van der Waals surface area contributed by atoms with Crippen LogP contribution in [0.25, 0.3) is 0 Å². The van der Waals surface area contributed by atoms with Crippen molar-refractivity contribution in [1.82, 2.24) is 0 Å². The number of rotatable bonds is 8. The minimum absolute atomic E-state index is 0.0590. The first-order valence-electron chi connectivity index (χ1n) is 9.29. The summed E-state index contributed by atoms with van der Waals surface area (Å²) in [5.41, 5.74) is 0.277. The van der Waals surface area contributed by atoms with Crippen LogP contribution in [0, 0.1) is 5.82 Å². The predicted molar refractivity (Wildman–Crippen MR) is 113 cm³/mol. The van der Waals surface area contributed by atoms with Gasteiger partial charge in [-0.3, -0.25) is 9.52 Å². The Kier molecular flexibility index (Phi) is 6.68. The van der Waals surface area contributed by atoms with Crippen LogP contribution < -0.4 is 14.8 Å². The van der Waals surface area contributed by atoms with E-state index in [4.69, 9.17) is 4.74 Å². The van der Waals surface area contributed by atoms with E-state index in [1.54, 1.807) is 12.1 Å². The van der Waals surface area contributed by atoms with Gasteiger partial charge in [0.25, 0.3) is 15.9 Å². The average Bonchev–Trinajstić information content (AvgIpc) is 2.74. The summed E-state index contributed by atoms with van der Waals surface area (Å²) in [6.45, 7) is 1.83. The van der Waals surface area contributed by atoms with E-state index in [1.807, 2.05) is 25.1 Å². The lowest BCUT2D eigenvalue weighted by Crippen LogP contribution is -2.32. The molecule has 0 aromatic heterocycles. The highest BCUT2D eigenvalue weighted by molar-refractivity contribution is 7.92. The van der Waals surface area contributed by atoms with Crippen molar-refractivity contribution in [3.63, 3.8) is 0 Å². The predicted octanol–water partition coefficient (Wildman–Crippen LogP) is 4.42. The molecule has 30 heavy (non-hydrogen) atoms. The molecule has 0 aliphatic heterocycles. The zero-order valence-corrected chi connectivity index (χ0v) is 17.0. The Morgan fingerprint density at radius 1 is 0.967 bits per heavy atom. The van der Waals surface area contributed by atoms with Crippen LogP contribution in [-0.2, 0) is 14.8 Å². The normalized spacial score (nSPS) is 12.1. The number of amides is 1. The number of carbonyl (C=O) groups is 1. The third kappa shape index (κ3) is 5.36. The number of anilines is 2. The number of nitrogens with one attached hydrogen (secondary N) is 2. The highest BCUT2D eigenvalue weighted by atomic mass is 32.2. The molecule has 0 fully saturated rings. The van der Waals surface area contributed by atoms with Crippen molar-refractivity contribution in [1.29, 1.82) is 0 Å². The molecule has 1 atom stereocenters. The van der Waals surface area contributed by atoms with E-state index in [1.165, 1.54) is 42.5 Å². The van der Waals surface area contributed by atoms with E-state index < -0.39 is 21.9 Å². The van der Waals surface area contributed by atoms with E-state index >= 15 is 0 Å². The van der Waals surface area contributed by atoms with Crippen LogP contribution in [0.4, 0.5) is 15.8 Å². The van der Waals surface area contributed by atoms with Gasteiger partial charge in [0, 0.05) is 5.69 Å². The minimum Gasteiger partial charge on any atom is -0.481 e. The number of para-hydroxylation sites is 2. The summed E-state index contributed by atoms with van der Waals surface area (Å²) in [5.74, 6) is -0.435. The molecule has 3 rings (SSSR count). The molecule has 0 heterocycles. The average molecular weight is 428 g/mol. The second-order valence-electron chi connectivity index (χ2n) is 6.43. The first-order chi connectivity index (χ1) is 14.4. The maximum atomic E-state index is 13.7. The molecule has 3 aromatic rings. The molecule has 0 radical (unpaired) electrons. The van der Waals surface area contributed by atoms with Gasteiger partial charge in [0.1, 0.15) is 11.6 Å². The van der Waals surface area contributed by atoms with Gasteiger partial charge in [-0.1, -0.05) is 37.3 Å².